The largest absolute Gasteiger partial charge is 0.480 e. The van der Waals surface area contributed by atoms with Crippen molar-refractivity contribution in [3.05, 3.63) is 35.6 Å². The quantitative estimate of drug-likeness (QED) is 0.869. The van der Waals surface area contributed by atoms with Crippen molar-refractivity contribution in [1.82, 2.24) is 4.31 Å². The molecule has 2 atom stereocenters. The highest BCUT2D eigenvalue weighted by molar-refractivity contribution is 7.88. The first-order valence-corrected chi connectivity index (χ1v) is 7.94. The Morgan fingerprint density at radius 1 is 1.43 bits per heavy atom. The number of carboxylic acids is 1. The molecule has 0 aromatic heterocycles. The summed E-state index contributed by atoms with van der Waals surface area (Å²) in [5, 5.41) is 9.15. The van der Waals surface area contributed by atoms with Crippen molar-refractivity contribution in [2.45, 2.75) is 24.3 Å². The molecule has 21 heavy (non-hydrogen) atoms. The molecule has 1 aliphatic rings. The van der Waals surface area contributed by atoms with Gasteiger partial charge in [0.05, 0.1) is 11.9 Å². The minimum atomic E-state index is -3.81. The van der Waals surface area contributed by atoms with Gasteiger partial charge in [-0.2, -0.15) is 4.31 Å². The van der Waals surface area contributed by atoms with E-state index in [4.69, 9.17) is 9.84 Å². The molecule has 1 aliphatic heterocycles. The standard InChI is InChI=1S/C13H16FNO5S/c1-20-11-6-12(13(16)17)15(7-11)21(18,19)8-9-2-4-10(14)5-3-9/h2-5,11-12H,6-8H2,1H3,(H,16,17). The molecule has 1 saturated heterocycles. The van der Waals surface area contributed by atoms with Crippen LogP contribution in [0.5, 0.6) is 0 Å². The van der Waals surface area contributed by atoms with Crippen LogP contribution in [0, 0.1) is 5.82 Å². The van der Waals surface area contributed by atoms with Crippen LogP contribution in [0.2, 0.25) is 0 Å². The van der Waals surface area contributed by atoms with E-state index in [1.807, 2.05) is 0 Å². The second-order valence-electron chi connectivity index (χ2n) is 4.90. The lowest BCUT2D eigenvalue weighted by Crippen LogP contribution is -2.41. The zero-order valence-electron chi connectivity index (χ0n) is 11.4. The predicted molar refractivity (Wildman–Crippen MR) is 72.6 cm³/mol. The molecule has 0 spiro atoms. The Morgan fingerprint density at radius 2 is 2.05 bits per heavy atom. The summed E-state index contributed by atoms with van der Waals surface area (Å²) in [6, 6.07) is 3.95. The van der Waals surface area contributed by atoms with E-state index in [0.29, 0.717) is 5.56 Å². The van der Waals surface area contributed by atoms with Crippen LogP contribution in [0.1, 0.15) is 12.0 Å². The molecule has 1 aromatic carbocycles. The first-order chi connectivity index (χ1) is 9.83. The smallest absolute Gasteiger partial charge is 0.322 e. The Hall–Kier alpha value is -1.51. The number of carboxylic acid groups (broad SMARTS) is 1. The van der Waals surface area contributed by atoms with Gasteiger partial charge in [-0.1, -0.05) is 12.1 Å². The Balaban J connectivity index is 2.21. The van der Waals surface area contributed by atoms with E-state index in [1.54, 1.807) is 0 Å². The molecule has 6 nitrogen and oxygen atoms in total. The fourth-order valence-electron chi connectivity index (χ4n) is 2.35. The van der Waals surface area contributed by atoms with Gasteiger partial charge in [0, 0.05) is 20.1 Å². The Kier molecular flexibility index (Phi) is 4.60. The van der Waals surface area contributed by atoms with Crippen LogP contribution >= 0.6 is 0 Å². The van der Waals surface area contributed by atoms with Gasteiger partial charge in [-0.25, -0.2) is 12.8 Å². The summed E-state index contributed by atoms with van der Waals surface area (Å²) in [4.78, 5) is 11.2. The van der Waals surface area contributed by atoms with Crippen molar-refractivity contribution < 1.29 is 27.4 Å². The molecule has 0 bridgehead atoms. The van der Waals surface area contributed by atoms with Gasteiger partial charge in [0.1, 0.15) is 11.9 Å². The summed E-state index contributed by atoms with van der Waals surface area (Å²) in [5.41, 5.74) is 0.404. The fourth-order valence-corrected chi connectivity index (χ4v) is 4.08. The summed E-state index contributed by atoms with van der Waals surface area (Å²) in [7, 11) is -2.40. The van der Waals surface area contributed by atoms with Crippen LogP contribution < -0.4 is 0 Å². The van der Waals surface area contributed by atoms with Crippen molar-refractivity contribution in [2.75, 3.05) is 13.7 Å². The Labute approximate surface area is 122 Å². The molecular weight excluding hydrogens is 301 g/mol. The monoisotopic (exact) mass is 317 g/mol. The number of hydrogen-bond acceptors (Lipinski definition) is 4. The molecule has 2 rings (SSSR count). The molecule has 1 fully saturated rings. The lowest BCUT2D eigenvalue weighted by molar-refractivity contribution is -0.140. The second kappa shape index (κ2) is 6.08. The van der Waals surface area contributed by atoms with E-state index in [-0.39, 0.29) is 18.7 Å². The number of benzene rings is 1. The molecule has 8 heteroatoms. The number of ether oxygens (including phenoxy) is 1. The van der Waals surface area contributed by atoms with Gasteiger partial charge in [-0.05, 0) is 17.7 Å². The van der Waals surface area contributed by atoms with Gasteiger partial charge in [0.15, 0.2) is 0 Å². The molecule has 1 aromatic rings. The highest BCUT2D eigenvalue weighted by Gasteiger charge is 2.43. The number of hydrogen-bond donors (Lipinski definition) is 1. The molecule has 1 N–H and O–H groups in total. The number of rotatable bonds is 5. The van der Waals surface area contributed by atoms with Gasteiger partial charge in [-0.15, -0.1) is 0 Å². The SMILES string of the molecule is COC1CC(C(=O)O)N(S(=O)(=O)Cc2ccc(F)cc2)C1. The summed E-state index contributed by atoms with van der Waals surface area (Å²) in [6.07, 6.45) is -0.317. The minimum Gasteiger partial charge on any atom is -0.480 e. The molecule has 0 saturated carbocycles. The maximum absolute atomic E-state index is 12.8. The molecule has 0 aliphatic carbocycles. The normalized spacial score (nSPS) is 23.3. The van der Waals surface area contributed by atoms with Crippen molar-refractivity contribution in [3.8, 4) is 0 Å². The molecule has 2 unspecified atom stereocenters. The number of sulfonamides is 1. The van der Waals surface area contributed by atoms with Crippen LogP contribution in [0.3, 0.4) is 0 Å². The van der Waals surface area contributed by atoms with Crippen molar-refractivity contribution in [2.24, 2.45) is 0 Å². The maximum atomic E-state index is 12.8. The van der Waals surface area contributed by atoms with E-state index < -0.39 is 34.0 Å². The van der Waals surface area contributed by atoms with Crippen molar-refractivity contribution in [3.63, 3.8) is 0 Å². The number of nitrogens with zero attached hydrogens (tertiary/aromatic N) is 1. The average Bonchev–Trinajstić information content (AvgIpc) is 2.86. The van der Waals surface area contributed by atoms with Crippen LogP contribution in [0.4, 0.5) is 4.39 Å². The molecular formula is C13H16FNO5S. The number of aliphatic carboxylic acids is 1. The zero-order chi connectivity index (χ0) is 15.6. The Morgan fingerprint density at radius 3 is 2.57 bits per heavy atom. The van der Waals surface area contributed by atoms with E-state index in [1.165, 1.54) is 31.4 Å². The molecule has 0 radical (unpaired) electrons. The summed E-state index contributed by atoms with van der Waals surface area (Å²) in [5.74, 6) is -2.02. The van der Waals surface area contributed by atoms with Gasteiger partial charge in [0.2, 0.25) is 10.0 Å². The summed E-state index contributed by atoms with van der Waals surface area (Å²) in [6.45, 7) is 0.0109. The number of carbonyl (C=O) groups is 1. The third kappa shape index (κ3) is 3.58. The first-order valence-electron chi connectivity index (χ1n) is 6.33. The zero-order valence-corrected chi connectivity index (χ0v) is 12.2. The van der Waals surface area contributed by atoms with Crippen molar-refractivity contribution >= 4 is 16.0 Å². The van der Waals surface area contributed by atoms with Crippen molar-refractivity contribution in [1.29, 1.82) is 0 Å². The van der Waals surface area contributed by atoms with Gasteiger partial charge in [-0.3, -0.25) is 4.79 Å². The van der Waals surface area contributed by atoms with E-state index in [2.05, 4.69) is 0 Å². The second-order valence-corrected chi connectivity index (χ2v) is 6.82. The summed E-state index contributed by atoms with van der Waals surface area (Å²) >= 11 is 0. The first kappa shape index (κ1) is 15.9. The molecule has 0 amide bonds. The molecule has 116 valence electrons. The number of methoxy groups -OCH3 is 1. The number of halogens is 1. The lowest BCUT2D eigenvalue weighted by Gasteiger charge is -2.20. The fraction of sp³-hybridized carbons (Fsp3) is 0.462. The highest BCUT2D eigenvalue weighted by Crippen LogP contribution is 2.25. The Bertz CT molecular complexity index is 616. The van der Waals surface area contributed by atoms with Crippen LogP contribution in [-0.2, 0) is 25.3 Å². The molecule has 1 heterocycles. The van der Waals surface area contributed by atoms with Crippen LogP contribution in [-0.4, -0.2) is 49.6 Å². The lowest BCUT2D eigenvalue weighted by atomic mass is 10.2. The van der Waals surface area contributed by atoms with E-state index >= 15 is 0 Å². The van der Waals surface area contributed by atoms with Gasteiger partial charge >= 0.3 is 5.97 Å². The third-order valence-electron chi connectivity index (χ3n) is 3.46. The van der Waals surface area contributed by atoms with Gasteiger partial charge in [0.25, 0.3) is 0 Å². The maximum Gasteiger partial charge on any atom is 0.322 e. The summed E-state index contributed by atoms with van der Waals surface area (Å²) < 4.78 is 43.6. The minimum absolute atomic E-state index is 0.0109. The van der Waals surface area contributed by atoms with E-state index in [0.717, 1.165) is 4.31 Å². The van der Waals surface area contributed by atoms with E-state index in [9.17, 15) is 17.6 Å². The van der Waals surface area contributed by atoms with Crippen LogP contribution in [0.25, 0.3) is 0 Å². The average molecular weight is 317 g/mol. The third-order valence-corrected chi connectivity index (χ3v) is 5.27. The van der Waals surface area contributed by atoms with Gasteiger partial charge < -0.3 is 9.84 Å². The van der Waals surface area contributed by atoms with Crippen LogP contribution in [0.15, 0.2) is 24.3 Å². The highest BCUT2D eigenvalue weighted by atomic mass is 32.2. The topological polar surface area (TPSA) is 83.9 Å². The predicted octanol–water partition coefficient (Wildman–Crippen LogP) is 0.829.